The zero-order valence-corrected chi connectivity index (χ0v) is 18.1. The average Bonchev–Trinajstić information content (AvgIpc) is 2.58. The Labute approximate surface area is 162 Å². The van der Waals surface area contributed by atoms with Gasteiger partial charge >= 0.3 is 11.9 Å². The smallest absolute Gasteiger partial charge is 0.308 e. The Balaban J connectivity index is 0. The van der Waals surface area contributed by atoms with Crippen molar-refractivity contribution in [2.75, 3.05) is 6.61 Å². The van der Waals surface area contributed by atoms with Crippen LogP contribution in [0, 0.1) is 5.41 Å². The highest BCUT2D eigenvalue weighted by Crippen LogP contribution is 2.12. The van der Waals surface area contributed by atoms with Crippen molar-refractivity contribution >= 4 is 11.9 Å². The van der Waals surface area contributed by atoms with Gasteiger partial charge in [0.25, 0.3) is 0 Å². The van der Waals surface area contributed by atoms with Gasteiger partial charge in [-0.2, -0.15) is 0 Å². The lowest BCUT2D eigenvalue weighted by molar-refractivity contribution is -0.146. The van der Waals surface area contributed by atoms with Gasteiger partial charge in [0.1, 0.15) is 0 Å². The van der Waals surface area contributed by atoms with Gasteiger partial charge in [0.15, 0.2) is 0 Å². The van der Waals surface area contributed by atoms with Gasteiger partial charge in [-0.1, -0.05) is 84.5 Å². The zero-order chi connectivity index (χ0) is 20.3. The largest absolute Gasteiger partial charge is 0.481 e. The molecule has 0 aromatic carbocycles. The van der Waals surface area contributed by atoms with Gasteiger partial charge in [-0.15, -0.1) is 0 Å². The summed E-state index contributed by atoms with van der Waals surface area (Å²) < 4.78 is 5.04. The molecule has 26 heavy (non-hydrogen) atoms. The standard InChI is InChI=1S/C17H34O2.C5H10O2/c1-3-5-6-7-8-9-10-11-12-13-14-15-16-19-17(18)4-2;1-5(2,3)4(6)7/h3-16H2,1-2H3;1-3H3,(H,6,7). The summed E-state index contributed by atoms with van der Waals surface area (Å²) in [6, 6.07) is 0. The highest BCUT2D eigenvalue weighted by Gasteiger charge is 2.18. The Morgan fingerprint density at radius 1 is 0.731 bits per heavy atom. The minimum atomic E-state index is -0.757. The summed E-state index contributed by atoms with van der Waals surface area (Å²) in [7, 11) is 0. The van der Waals surface area contributed by atoms with Crippen LogP contribution in [-0.2, 0) is 14.3 Å². The number of ether oxygens (including phenoxy) is 1. The van der Waals surface area contributed by atoms with E-state index in [4.69, 9.17) is 9.84 Å². The molecule has 0 aliphatic rings. The lowest BCUT2D eigenvalue weighted by Gasteiger charge is -2.08. The minimum Gasteiger partial charge on any atom is -0.481 e. The van der Waals surface area contributed by atoms with E-state index >= 15 is 0 Å². The maximum atomic E-state index is 10.9. The molecule has 4 nitrogen and oxygen atoms in total. The number of hydrogen-bond donors (Lipinski definition) is 1. The lowest BCUT2D eigenvalue weighted by atomic mass is 9.98. The summed E-state index contributed by atoms with van der Waals surface area (Å²) in [5, 5.41) is 8.25. The van der Waals surface area contributed by atoms with E-state index in [1.54, 1.807) is 20.8 Å². The Kier molecular flexibility index (Phi) is 19.6. The predicted octanol–water partition coefficient (Wildman–Crippen LogP) is 6.76. The molecule has 0 heterocycles. The topological polar surface area (TPSA) is 63.6 Å². The highest BCUT2D eigenvalue weighted by molar-refractivity contribution is 5.72. The van der Waals surface area contributed by atoms with Gasteiger partial charge in [-0.05, 0) is 27.2 Å². The molecule has 0 rings (SSSR count). The fraction of sp³-hybridized carbons (Fsp3) is 0.909. The second-order valence-electron chi connectivity index (χ2n) is 8.02. The van der Waals surface area contributed by atoms with E-state index in [-0.39, 0.29) is 5.97 Å². The number of carbonyl (C=O) groups is 2. The second kappa shape index (κ2) is 18.7. The van der Waals surface area contributed by atoms with Crippen molar-refractivity contribution in [3.63, 3.8) is 0 Å². The molecule has 0 amide bonds. The number of carboxylic acid groups (broad SMARTS) is 1. The van der Waals surface area contributed by atoms with Crippen molar-refractivity contribution in [1.29, 1.82) is 0 Å². The third kappa shape index (κ3) is 22.9. The molecule has 0 radical (unpaired) electrons. The summed E-state index contributed by atoms with van der Waals surface area (Å²) >= 11 is 0. The fourth-order valence-electron chi connectivity index (χ4n) is 2.23. The molecule has 0 saturated heterocycles. The quantitative estimate of drug-likeness (QED) is 0.270. The molecule has 0 atom stereocenters. The monoisotopic (exact) mass is 372 g/mol. The van der Waals surface area contributed by atoms with Crippen molar-refractivity contribution in [3.05, 3.63) is 0 Å². The third-order valence-electron chi connectivity index (χ3n) is 4.19. The molecule has 0 aliphatic heterocycles. The van der Waals surface area contributed by atoms with Crippen LogP contribution in [0.5, 0.6) is 0 Å². The van der Waals surface area contributed by atoms with E-state index < -0.39 is 11.4 Å². The van der Waals surface area contributed by atoms with Gasteiger partial charge in [-0.3, -0.25) is 9.59 Å². The molecule has 0 bridgehead atoms. The SMILES string of the molecule is CC(C)(C)C(=O)O.CCCCCCCCCCCCCCOC(=O)CC. The van der Waals surface area contributed by atoms with Gasteiger partial charge < -0.3 is 9.84 Å². The average molecular weight is 373 g/mol. The van der Waals surface area contributed by atoms with Gasteiger partial charge in [0.05, 0.1) is 12.0 Å². The number of aliphatic carboxylic acids is 1. The summed E-state index contributed by atoms with van der Waals surface area (Å²) in [6.07, 6.45) is 16.6. The Morgan fingerprint density at radius 3 is 1.38 bits per heavy atom. The van der Waals surface area contributed by atoms with E-state index in [0.717, 1.165) is 6.42 Å². The summed E-state index contributed by atoms with van der Waals surface area (Å²) in [4.78, 5) is 20.9. The van der Waals surface area contributed by atoms with Crippen LogP contribution < -0.4 is 0 Å². The fourth-order valence-corrected chi connectivity index (χ4v) is 2.23. The van der Waals surface area contributed by atoms with Crippen LogP contribution in [-0.4, -0.2) is 23.7 Å². The van der Waals surface area contributed by atoms with Crippen molar-refractivity contribution in [3.8, 4) is 0 Å². The van der Waals surface area contributed by atoms with Crippen LogP contribution in [0.1, 0.15) is 118 Å². The van der Waals surface area contributed by atoms with Crippen LogP contribution >= 0.6 is 0 Å². The van der Waals surface area contributed by atoms with Crippen molar-refractivity contribution < 1.29 is 19.4 Å². The number of carboxylic acids is 1. The first-order chi connectivity index (χ1) is 12.3. The first-order valence-corrected chi connectivity index (χ1v) is 10.6. The molecule has 0 spiro atoms. The van der Waals surface area contributed by atoms with Gasteiger partial charge in [0, 0.05) is 6.42 Å². The molecule has 0 aliphatic carbocycles. The normalized spacial score (nSPS) is 10.8. The third-order valence-corrected chi connectivity index (χ3v) is 4.19. The number of unbranched alkanes of at least 4 members (excludes halogenated alkanes) is 11. The van der Waals surface area contributed by atoms with Crippen LogP contribution in [0.3, 0.4) is 0 Å². The molecule has 4 heteroatoms. The van der Waals surface area contributed by atoms with Crippen LogP contribution in [0.4, 0.5) is 0 Å². The molecule has 0 saturated carbocycles. The second-order valence-corrected chi connectivity index (χ2v) is 8.02. The number of carbonyl (C=O) groups excluding carboxylic acids is 1. The molecule has 0 aromatic heterocycles. The van der Waals surface area contributed by atoms with E-state index in [1.807, 2.05) is 6.92 Å². The van der Waals surface area contributed by atoms with Gasteiger partial charge in [0.2, 0.25) is 0 Å². The van der Waals surface area contributed by atoms with Crippen LogP contribution in [0.25, 0.3) is 0 Å². The lowest BCUT2D eigenvalue weighted by Crippen LogP contribution is -2.18. The molecule has 0 fully saturated rings. The molecule has 0 aromatic rings. The summed E-state index contributed by atoms with van der Waals surface area (Å²) in [6.45, 7) is 9.71. The number of hydrogen-bond acceptors (Lipinski definition) is 3. The van der Waals surface area contributed by atoms with Crippen LogP contribution in [0.2, 0.25) is 0 Å². The molecule has 1 N–H and O–H groups in total. The van der Waals surface area contributed by atoms with E-state index in [1.165, 1.54) is 70.6 Å². The first-order valence-electron chi connectivity index (χ1n) is 10.6. The first kappa shape index (κ1) is 27.2. The summed E-state index contributed by atoms with van der Waals surface area (Å²) in [5.41, 5.74) is -0.583. The van der Waals surface area contributed by atoms with Crippen LogP contribution in [0.15, 0.2) is 0 Å². The predicted molar refractivity (Wildman–Crippen MR) is 109 cm³/mol. The molecular formula is C22H44O4. The van der Waals surface area contributed by atoms with E-state index in [2.05, 4.69) is 6.92 Å². The Bertz CT molecular complexity index is 332. The maximum Gasteiger partial charge on any atom is 0.308 e. The molecule has 0 unspecified atom stereocenters. The zero-order valence-electron chi connectivity index (χ0n) is 18.1. The summed E-state index contributed by atoms with van der Waals surface area (Å²) in [5.74, 6) is -0.824. The van der Waals surface area contributed by atoms with Crippen molar-refractivity contribution in [1.82, 2.24) is 0 Å². The number of rotatable bonds is 14. The molecular weight excluding hydrogens is 328 g/mol. The van der Waals surface area contributed by atoms with Crippen molar-refractivity contribution in [2.24, 2.45) is 5.41 Å². The van der Waals surface area contributed by atoms with Gasteiger partial charge in [-0.25, -0.2) is 0 Å². The Hall–Kier alpha value is -1.06. The van der Waals surface area contributed by atoms with E-state index in [9.17, 15) is 9.59 Å². The minimum absolute atomic E-state index is 0.0666. The maximum absolute atomic E-state index is 10.9. The van der Waals surface area contributed by atoms with E-state index in [0.29, 0.717) is 13.0 Å². The Morgan fingerprint density at radius 2 is 1.08 bits per heavy atom. The van der Waals surface area contributed by atoms with Crippen molar-refractivity contribution in [2.45, 2.75) is 118 Å². The molecule has 156 valence electrons. The number of esters is 1. The highest BCUT2D eigenvalue weighted by atomic mass is 16.5.